The fourth-order valence-corrected chi connectivity index (χ4v) is 2.09. The molecule has 2 N–H and O–H groups in total. The Labute approximate surface area is 128 Å². The van der Waals surface area contributed by atoms with Crippen LogP contribution in [0, 0.1) is 0 Å². The lowest BCUT2D eigenvalue weighted by Crippen LogP contribution is -2.16. The van der Waals surface area contributed by atoms with Gasteiger partial charge in [0.15, 0.2) is 0 Å². The summed E-state index contributed by atoms with van der Waals surface area (Å²) in [6, 6.07) is 5.71. The summed E-state index contributed by atoms with van der Waals surface area (Å²) in [7, 11) is 3.51. The Morgan fingerprint density at radius 1 is 1.42 bits per heavy atom. The topological polar surface area (TPSA) is 50.4 Å². The van der Waals surface area contributed by atoms with Crippen molar-refractivity contribution >= 4 is 39.9 Å². The number of rotatable bonds is 7. The molecule has 0 saturated carbocycles. The van der Waals surface area contributed by atoms with Crippen molar-refractivity contribution in [1.29, 1.82) is 0 Å². The minimum atomic E-state index is 0. The Morgan fingerprint density at radius 3 is 2.79 bits per heavy atom. The smallest absolute Gasteiger partial charge is 0.224 e. The van der Waals surface area contributed by atoms with Gasteiger partial charge in [0.25, 0.3) is 0 Å². The molecule has 4 nitrogen and oxygen atoms in total. The number of carbonyl (C=O) groups excluding carboxylic acids is 1. The largest absolute Gasteiger partial charge is 0.380 e. The zero-order valence-electron chi connectivity index (χ0n) is 11.2. The molecule has 1 aromatic carbocycles. The molecule has 0 spiro atoms. The van der Waals surface area contributed by atoms with E-state index in [4.69, 9.17) is 4.74 Å². The summed E-state index contributed by atoms with van der Waals surface area (Å²) >= 11 is 3.46. The number of ether oxygens (including phenoxy) is 1. The first-order chi connectivity index (χ1) is 8.69. The maximum atomic E-state index is 11.8. The number of anilines is 1. The lowest BCUT2D eigenvalue weighted by Gasteiger charge is -2.12. The van der Waals surface area contributed by atoms with Crippen molar-refractivity contribution in [2.24, 2.45) is 0 Å². The number of amides is 1. The van der Waals surface area contributed by atoms with E-state index < -0.39 is 0 Å². The van der Waals surface area contributed by atoms with E-state index in [1.54, 1.807) is 7.11 Å². The Bertz CT molecular complexity index is 402. The van der Waals surface area contributed by atoms with Crippen molar-refractivity contribution in [3.8, 4) is 0 Å². The van der Waals surface area contributed by atoms with E-state index in [0.717, 1.165) is 28.7 Å². The molecule has 0 bridgehead atoms. The van der Waals surface area contributed by atoms with Crippen LogP contribution in [-0.4, -0.2) is 26.6 Å². The minimum Gasteiger partial charge on any atom is -0.380 e. The second-order valence-electron chi connectivity index (χ2n) is 3.95. The molecule has 0 saturated heterocycles. The van der Waals surface area contributed by atoms with Gasteiger partial charge in [0.05, 0.1) is 6.61 Å². The number of hydrogen-bond donors (Lipinski definition) is 2. The molecule has 0 aromatic heterocycles. The molecular formula is C13H20BrClN2O2. The van der Waals surface area contributed by atoms with Crippen molar-refractivity contribution in [3.63, 3.8) is 0 Å². The van der Waals surface area contributed by atoms with Gasteiger partial charge in [-0.1, -0.05) is 22.0 Å². The lowest BCUT2D eigenvalue weighted by atomic mass is 10.2. The summed E-state index contributed by atoms with van der Waals surface area (Å²) in [5, 5.41) is 5.94. The Kier molecular flexibility index (Phi) is 9.87. The average Bonchev–Trinajstić information content (AvgIpc) is 2.34. The first kappa shape index (κ1) is 18.4. The van der Waals surface area contributed by atoms with Gasteiger partial charge in [-0.2, -0.15) is 0 Å². The summed E-state index contributed by atoms with van der Waals surface area (Å²) in [5.74, 6) is 0.0284. The van der Waals surface area contributed by atoms with Crippen LogP contribution in [0.4, 0.5) is 5.69 Å². The molecule has 0 radical (unpaired) electrons. The number of benzene rings is 1. The van der Waals surface area contributed by atoms with Crippen LogP contribution >= 0.6 is 28.3 Å². The third-order valence-electron chi connectivity index (χ3n) is 2.51. The highest BCUT2D eigenvalue weighted by Gasteiger charge is 2.09. The van der Waals surface area contributed by atoms with Crippen molar-refractivity contribution in [3.05, 3.63) is 28.2 Å². The summed E-state index contributed by atoms with van der Waals surface area (Å²) in [6.07, 6.45) is 1.34. The average molecular weight is 352 g/mol. The van der Waals surface area contributed by atoms with E-state index in [0.29, 0.717) is 13.0 Å². The lowest BCUT2D eigenvalue weighted by molar-refractivity contribution is -0.116. The molecule has 0 aliphatic rings. The second kappa shape index (κ2) is 10.2. The Morgan fingerprint density at radius 2 is 2.16 bits per heavy atom. The van der Waals surface area contributed by atoms with Gasteiger partial charge in [0.2, 0.25) is 5.91 Å². The summed E-state index contributed by atoms with van der Waals surface area (Å²) in [6.45, 7) is 1.31. The number of carbonyl (C=O) groups is 1. The molecule has 0 fully saturated rings. The summed E-state index contributed by atoms with van der Waals surface area (Å²) in [4.78, 5) is 11.8. The van der Waals surface area contributed by atoms with Crippen LogP contribution in [-0.2, 0) is 16.1 Å². The Hall–Kier alpha value is -0.620. The van der Waals surface area contributed by atoms with E-state index in [-0.39, 0.29) is 18.3 Å². The SMILES string of the molecule is CNCCCC(=O)Nc1cccc(Br)c1COC.Cl. The van der Waals surface area contributed by atoms with Crippen LogP contribution in [0.25, 0.3) is 0 Å². The summed E-state index contributed by atoms with van der Waals surface area (Å²) < 4.78 is 6.08. The van der Waals surface area contributed by atoms with Gasteiger partial charge >= 0.3 is 0 Å². The maximum absolute atomic E-state index is 11.8. The van der Waals surface area contributed by atoms with Crippen LogP contribution in [0.15, 0.2) is 22.7 Å². The summed E-state index contributed by atoms with van der Waals surface area (Å²) in [5.41, 5.74) is 1.77. The number of hydrogen-bond acceptors (Lipinski definition) is 3. The van der Waals surface area contributed by atoms with Crippen molar-refractivity contribution in [2.45, 2.75) is 19.4 Å². The van der Waals surface area contributed by atoms with E-state index in [1.807, 2.05) is 25.2 Å². The molecule has 1 aromatic rings. The first-order valence-corrected chi connectivity index (χ1v) is 6.69. The molecule has 108 valence electrons. The van der Waals surface area contributed by atoms with Crippen LogP contribution in [0.5, 0.6) is 0 Å². The number of halogens is 2. The maximum Gasteiger partial charge on any atom is 0.224 e. The van der Waals surface area contributed by atoms with E-state index in [2.05, 4.69) is 26.6 Å². The molecule has 1 amide bonds. The van der Waals surface area contributed by atoms with Gasteiger partial charge in [0, 0.05) is 29.3 Å². The van der Waals surface area contributed by atoms with Gasteiger partial charge in [-0.05, 0) is 32.1 Å². The molecule has 0 atom stereocenters. The molecule has 19 heavy (non-hydrogen) atoms. The van der Waals surface area contributed by atoms with E-state index >= 15 is 0 Å². The second-order valence-corrected chi connectivity index (χ2v) is 4.81. The van der Waals surface area contributed by atoms with Gasteiger partial charge < -0.3 is 15.4 Å². The van der Waals surface area contributed by atoms with Crippen LogP contribution < -0.4 is 10.6 Å². The predicted octanol–water partition coefficient (Wildman–Crippen LogP) is 2.96. The normalized spacial score (nSPS) is 9.84. The molecule has 0 heterocycles. The highest BCUT2D eigenvalue weighted by Crippen LogP contribution is 2.25. The fourth-order valence-electron chi connectivity index (χ4n) is 1.61. The van der Waals surface area contributed by atoms with Crippen LogP contribution in [0.1, 0.15) is 18.4 Å². The third kappa shape index (κ3) is 6.38. The van der Waals surface area contributed by atoms with Crippen molar-refractivity contribution in [1.82, 2.24) is 5.32 Å². The quantitative estimate of drug-likeness (QED) is 0.743. The van der Waals surface area contributed by atoms with E-state index in [9.17, 15) is 4.79 Å². The molecule has 0 aliphatic carbocycles. The predicted molar refractivity (Wildman–Crippen MR) is 83.9 cm³/mol. The number of methoxy groups -OCH3 is 1. The first-order valence-electron chi connectivity index (χ1n) is 5.89. The minimum absolute atomic E-state index is 0. The molecule has 0 unspecified atom stereocenters. The number of nitrogens with one attached hydrogen (secondary N) is 2. The van der Waals surface area contributed by atoms with Gasteiger partial charge in [-0.25, -0.2) is 0 Å². The van der Waals surface area contributed by atoms with Crippen LogP contribution in [0.3, 0.4) is 0 Å². The highest BCUT2D eigenvalue weighted by molar-refractivity contribution is 9.10. The zero-order valence-corrected chi connectivity index (χ0v) is 13.6. The molecular weight excluding hydrogens is 332 g/mol. The standard InChI is InChI=1S/C13H19BrN2O2.ClH/c1-15-8-4-7-13(17)16-12-6-3-5-11(14)10(12)9-18-2;/h3,5-6,15H,4,7-9H2,1-2H3,(H,16,17);1H. The monoisotopic (exact) mass is 350 g/mol. The van der Waals surface area contributed by atoms with E-state index in [1.165, 1.54) is 0 Å². The molecule has 6 heteroatoms. The Balaban J connectivity index is 0.00000324. The van der Waals surface area contributed by atoms with Gasteiger partial charge in [-0.3, -0.25) is 4.79 Å². The van der Waals surface area contributed by atoms with Crippen molar-refractivity contribution in [2.75, 3.05) is 26.0 Å². The third-order valence-corrected chi connectivity index (χ3v) is 3.26. The van der Waals surface area contributed by atoms with Gasteiger partial charge in [0.1, 0.15) is 0 Å². The van der Waals surface area contributed by atoms with Crippen LogP contribution in [0.2, 0.25) is 0 Å². The van der Waals surface area contributed by atoms with Gasteiger partial charge in [-0.15, -0.1) is 12.4 Å². The highest BCUT2D eigenvalue weighted by atomic mass is 79.9. The molecule has 1 rings (SSSR count). The molecule has 0 aliphatic heterocycles. The van der Waals surface area contributed by atoms with Crippen molar-refractivity contribution < 1.29 is 9.53 Å². The zero-order chi connectivity index (χ0) is 13.4. The fraction of sp³-hybridized carbons (Fsp3) is 0.462.